The smallest absolute Gasteiger partial charge is 0.254 e. The van der Waals surface area contributed by atoms with Gasteiger partial charge in [0.1, 0.15) is 0 Å². The van der Waals surface area contributed by atoms with E-state index >= 15 is 4.39 Å². The second-order valence-electron chi connectivity index (χ2n) is 10.9. The van der Waals surface area contributed by atoms with Gasteiger partial charge < -0.3 is 21.1 Å². The number of halogens is 3. The van der Waals surface area contributed by atoms with Gasteiger partial charge in [0.2, 0.25) is 5.92 Å². The van der Waals surface area contributed by atoms with E-state index in [2.05, 4.69) is 16.0 Å². The summed E-state index contributed by atoms with van der Waals surface area (Å²) in [7, 11) is -3.24. The summed E-state index contributed by atoms with van der Waals surface area (Å²) in [5, 5.41) is 20.2. The molecule has 2 aromatic rings. The van der Waals surface area contributed by atoms with Gasteiger partial charge in [-0.15, -0.1) is 10.8 Å². The maximum Gasteiger partial charge on any atom is 0.254 e. The van der Waals surface area contributed by atoms with Crippen LogP contribution in [-0.2, 0) is 6.42 Å². The zero-order valence-electron chi connectivity index (χ0n) is 23.3. The number of amides is 1. The van der Waals surface area contributed by atoms with Crippen LogP contribution in [0.25, 0.3) is 0 Å². The molecule has 2 aromatic carbocycles. The van der Waals surface area contributed by atoms with E-state index < -0.39 is 40.6 Å². The fourth-order valence-electron chi connectivity index (χ4n) is 5.42. The number of carbonyl (C=O) groups excluding carboxylic acids is 1. The zero-order chi connectivity index (χ0) is 29.6. The Morgan fingerprint density at radius 2 is 1.85 bits per heavy atom. The molecular formula is C29H41F3N4O4S. The third-order valence-corrected chi connectivity index (χ3v) is 9.66. The Morgan fingerprint density at radius 1 is 1.15 bits per heavy atom. The van der Waals surface area contributed by atoms with Crippen LogP contribution >= 0.6 is 10.8 Å². The van der Waals surface area contributed by atoms with E-state index in [1.807, 2.05) is 37.3 Å². The van der Waals surface area contributed by atoms with Crippen molar-refractivity contribution in [3.05, 3.63) is 59.4 Å². The molecule has 2 fully saturated rings. The fraction of sp³-hybridized carbons (Fsp3) is 0.552. The highest BCUT2D eigenvalue weighted by atomic mass is 32.3. The normalized spacial score (nSPS) is 21.1. The van der Waals surface area contributed by atoms with E-state index in [-0.39, 0.29) is 68.2 Å². The molecule has 6 N–H and O–H groups in total. The Hall–Kier alpha value is -2.51. The summed E-state index contributed by atoms with van der Waals surface area (Å²) in [4.78, 5) is 13.6. The molecule has 1 aliphatic heterocycles. The Labute approximate surface area is 241 Å². The first-order valence-corrected chi connectivity index (χ1v) is 15.9. The second-order valence-corrected chi connectivity index (χ2v) is 13.0. The van der Waals surface area contributed by atoms with Crippen molar-refractivity contribution in [2.45, 2.75) is 76.0 Å². The van der Waals surface area contributed by atoms with Crippen LogP contribution in [0, 0.1) is 5.82 Å². The standard InChI is InChI=1S/C29H41F3N4O4S/c1-2-33-22-17-23(27(30)25(18-22)36-14-6-7-15-41(36,39)40)28(38)35-24(16-20-8-4-3-5-9-20)26(37)19-34-21-10-12-29(31,32)13-11-21/h3-5,8-9,17-18,21,24,26,33-34,37,39-40H,2,6-7,10-16,19H2,1H3,(H,35,38)/t24-,26-/m0/s1. The fourth-order valence-corrected chi connectivity index (χ4v) is 7.10. The molecule has 0 unspecified atom stereocenters. The van der Waals surface area contributed by atoms with Gasteiger partial charge in [-0.25, -0.2) is 13.2 Å². The van der Waals surface area contributed by atoms with Crippen molar-refractivity contribution in [1.82, 2.24) is 10.6 Å². The second kappa shape index (κ2) is 13.6. The predicted octanol–water partition coefficient (Wildman–Crippen LogP) is 5.39. The summed E-state index contributed by atoms with van der Waals surface area (Å²) < 4.78 is 65.6. The van der Waals surface area contributed by atoms with E-state index in [0.717, 1.165) is 5.56 Å². The summed E-state index contributed by atoms with van der Waals surface area (Å²) in [6.07, 6.45) is 0.581. The molecule has 0 radical (unpaired) electrons. The Balaban J connectivity index is 1.56. The van der Waals surface area contributed by atoms with Gasteiger partial charge in [-0.1, -0.05) is 30.3 Å². The van der Waals surface area contributed by atoms with E-state index in [1.165, 1.54) is 16.4 Å². The highest BCUT2D eigenvalue weighted by Gasteiger charge is 2.36. The molecule has 2 atom stereocenters. The molecule has 0 aromatic heterocycles. The topological polar surface area (TPSA) is 117 Å². The Bertz CT molecular complexity index is 1160. The third kappa shape index (κ3) is 8.29. The summed E-state index contributed by atoms with van der Waals surface area (Å²) in [5.74, 6) is -4.17. The molecule has 8 nitrogen and oxygen atoms in total. The molecule has 2 aliphatic rings. The summed E-state index contributed by atoms with van der Waals surface area (Å²) in [6, 6.07) is 11.1. The first-order valence-electron chi connectivity index (χ1n) is 14.2. The van der Waals surface area contributed by atoms with Crippen molar-refractivity contribution in [1.29, 1.82) is 0 Å². The van der Waals surface area contributed by atoms with E-state index in [4.69, 9.17) is 0 Å². The largest absolute Gasteiger partial charge is 0.390 e. The zero-order valence-corrected chi connectivity index (χ0v) is 24.1. The minimum atomic E-state index is -3.24. The van der Waals surface area contributed by atoms with Gasteiger partial charge in [-0.05, 0) is 56.7 Å². The molecule has 41 heavy (non-hydrogen) atoms. The van der Waals surface area contributed by atoms with Crippen molar-refractivity contribution in [2.24, 2.45) is 0 Å². The van der Waals surface area contributed by atoms with Gasteiger partial charge in [-0.3, -0.25) is 18.2 Å². The summed E-state index contributed by atoms with van der Waals surface area (Å²) in [5.41, 5.74) is 0.945. The predicted molar refractivity (Wildman–Crippen MR) is 157 cm³/mol. The molecule has 1 saturated carbocycles. The van der Waals surface area contributed by atoms with Crippen molar-refractivity contribution in [3.63, 3.8) is 0 Å². The van der Waals surface area contributed by atoms with Crippen molar-refractivity contribution in [2.75, 3.05) is 35.0 Å². The molecule has 1 amide bonds. The lowest BCUT2D eigenvalue weighted by Crippen LogP contribution is -2.51. The van der Waals surface area contributed by atoms with Crippen LogP contribution in [-0.4, -0.2) is 69.6 Å². The number of aliphatic hydroxyl groups is 1. The van der Waals surface area contributed by atoms with Crippen LogP contribution in [0.1, 0.15) is 61.4 Å². The van der Waals surface area contributed by atoms with Crippen LogP contribution in [0.15, 0.2) is 42.5 Å². The average Bonchev–Trinajstić information content (AvgIpc) is 2.93. The van der Waals surface area contributed by atoms with Gasteiger partial charge in [0, 0.05) is 44.2 Å². The monoisotopic (exact) mass is 598 g/mol. The average molecular weight is 599 g/mol. The summed E-state index contributed by atoms with van der Waals surface area (Å²) in [6.45, 7) is 2.65. The lowest BCUT2D eigenvalue weighted by Gasteiger charge is -2.47. The molecule has 1 aliphatic carbocycles. The van der Waals surface area contributed by atoms with Gasteiger partial charge in [0.25, 0.3) is 5.91 Å². The van der Waals surface area contributed by atoms with E-state index in [1.54, 1.807) is 0 Å². The summed E-state index contributed by atoms with van der Waals surface area (Å²) >= 11 is 0. The van der Waals surface area contributed by atoms with Gasteiger partial charge >= 0.3 is 0 Å². The quantitative estimate of drug-likeness (QED) is 0.205. The molecule has 1 heterocycles. The molecular weight excluding hydrogens is 557 g/mol. The lowest BCUT2D eigenvalue weighted by molar-refractivity contribution is -0.0412. The number of hydrogen-bond acceptors (Lipinski definition) is 7. The first-order chi connectivity index (χ1) is 19.5. The number of rotatable bonds is 11. The van der Waals surface area contributed by atoms with Crippen LogP contribution in [0.4, 0.5) is 24.5 Å². The van der Waals surface area contributed by atoms with E-state index in [0.29, 0.717) is 25.1 Å². The van der Waals surface area contributed by atoms with Gasteiger partial charge in [0.15, 0.2) is 5.82 Å². The van der Waals surface area contributed by atoms with E-state index in [9.17, 15) is 27.8 Å². The number of nitrogens with one attached hydrogen (secondary N) is 3. The van der Waals surface area contributed by atoms with Crippen molar-refractivity contribution >= 4 is 28.1 Å². The number of hydrogen-bond donors (Lipinski definition) is 6. The SMILES string of the molecule is CCNc1cc(C(=O)N[C@@H](Cc2ccccc2)[C@@H](O)CNC2CCC(F)(F)CC2)c(F)c(N2CCCCS2(O)O)c1. The van der Waals surface area contributed by atoms with Crippen LogP contribution in [0.5, 0.6) is 0 Å². The third-order valence-electron chi connectivity index (χ3n) is 7.74. The molecule has 12 heteroatoms. The molecule has 0 bridgehead atoms. The van der Waals surface area contributed by atoms with Crippen LogP contribution < -0.4 is 20.3 Å². The molecule has 4 rings (SSSR count). The lowest BCUT2D eigenvalue weighted by atomic mass is 9.92. The number of anilines is 2. The van der Waals surface area contributed by atoms with Crippen molar-refractivity contribution in [3.8, 4) is 0 Å². The Kier molecular flexibility index (Phi) is 10.5. The van der Waals surface area contributed by atoms with Gasteiger partial charge in [-0.2, -0.15) is 0 Å². The molecule has 0 spiro atoms. The minimum Gasteiger partial charge on any atom is -0.390 e. The first kappa shape index (κ1) is 31.4. The number of carbonyl (C=O) groups is 1. The maximum atomic E-state index is 15.9. The van der Waals surface area contributed by atoms with Crippen LogP contribution in [0.3, 0.4) is 0 Å². The van der Waals surface area contributed by atoms with Gasteiger partial charge in [0.05, 0.1) is 29.1 Å². The Morgan fingerprint density at radius 3 is 2.51 bits per heavy atom. The number of aliphatic hydroxyl groups excluding tert-OH is 1. The molecule has 1 saturated heterocycles. The number of nitrogens with zero attached hydrogens (tertiary/aromatic N) is 1. The van der Waals surface area contributed by atoms with Crippen molar-refractivity contribution < 1.29 is 32.2 Å². The number of benzene rings is 2. The minimum absolute atomic E-state index is 0.0634. The van der Waals surface area contributed by atoms with Crippen LogP contribution in [0.2, 0.25) is 0 Å². The highest BCUT2D eigenvalue weighted by Crippen LogP contribution is 2.51. The maximum absolute atomic E-state index is 15.9. The highest BCUT2D eigenvalue weighted by molar-refractivity contribution is 8.25. The molecule has 228 valence electrons. The number of alkyl halides is 2.